The van der Waals surface area contributed by atoms with Crippen molar-refractivity contribution >= 4 is 17.9 Å². The number of ether oxygens (including phenoxy) is 5. The van der Waals surface area contributed by atoms with Crippen molar-refractivity contribution < 1.29 is 46.8 Å². The van der Waals surface area contributed by atoms with Crippen LogP contribution in [0.2, 0.25) is 0 Å². The van der Waals surface area contributed by atoms with Gasteiger partial charge in [0.05, 0.1) is 18.8 Å². The number of alkyl halides is 1. The van der Waals surface area contributed by atoms with Gasteiger partial charge in [-0.3, -0.25) is 0 Å². The van der Waals surface area contributed by atoms with Gasteiger partial charge in [0.2, 0.25) is 5.83 Å². The lowest BCUT2D eigenvalue weighted by Gasteiger charge is -2.09. The zero-order valence-corrected chi connectivity index (χ0v) is 21.9. The molecule has 10 heteroatoms. The molecule has 41 heavy (non-hydrogen) atoms. The number of hydrogen-bond donors (Lipinski definition) is 0. The molecule has 0 saturated heterocycles. The van der Waals surface area contributed by atoms with Crippen molar-refractivity contribution in [2.75, 3.05) is 26.4 Å². The van der Waals surface area contributed by atoms with Crippen LogP contribution in [0.25, 0.3) is 11.1 Å². The Bertz CT molecular complexity index is 1470. The van der Waals surface area contributed by atoms with Crippen LogP contribution in [0.1, 0.15) is 34.1 Å². The van der Waals surface area contributed by atoms with E-state index in [9.17, 15) is 18.8 Å². The van der Waals surface area contributed by atoms with Gasteiger partial charge in [0, 0.05) is 23.6 Å². The summed E-state index contributed by atoms with van der Waals surface area (Å²) in [5.41, 5.74) is 2.44. The second kappa shape index (κ2) is 13.4. The zero-order valence-electron chi connectivity index (χ0n) is 21.9. The number of halogens is 2. The Morgan fingerprint density at radius 2 is 1.39 bits per heavy atom. The Morgan fingerprint density at radius 1 is 0.780 bits per heavy atom. The van der Waals surface area contributed by atoms with Crippen LogP contribution in [0.5, 0.6) is 17.2 Å². The van der Waals surface area contributed by atoms with Gasteiger partial charge in [-0.2, -0.15) is 4.39 Å². The van der Waals surface area contributed by atoms with Crippen LogP contribution >= 0.6 is 0 Å². The van der Waals surface area contributed by atoms with Gasteiger partial charge in [-0.1, -0.05) is 25.3 Å². The summed E-state index contributed by atoms with van der Waals surface area (Å²) in [6, 6.07) is 16.0. The molecule has 8 nitrogen and oxygen atoms in total. The summed E-state index contributed by atoms with van der Waals surface area (Å²) in [6.45, 7) is 6.48. The van der Waals surface area contributed by atoms with E-state index in [1.807, 2.05) is 0 Å². The summed E-state index contributed by atoms with van der Waals surface area (Å²) >= 11 is 0. The van der Waals surface area contributed by atoms with Crippen molar-refractivity contribution in [2.45, 2.75) is 12.6 Å². The molecule has 212 valence electrons. The molecule has 0 heterocycles. The standard InChI is InChI=1S/C31H26F2O8/c1-3-28(34)39-16-15-38-22-9-11-24-25-12-10-23(18-27(25)29(33)26(24)17-22)41-31(36)20-5-7-21(8-6-20)37-13-4-14-40-30(35)19(2)32/h3,5-12,17-18,29H,1-2,4,13-16H2. The molecule has 0 N–H and O–H groups in total. The van der Waals surface area contributed by atoms with Gasteiger partial charge in [0.1, 0.15) is 30.5 Å². The van der Waals surface area contributed by atoms with E-state index in [1.165, 1.54) is 18.2 Å². The predicted octanol–water partition coefficient (Wildman–Crippen LogP) is 5.85. The lowest BCUT2D eigenvalue weighted by molar-refractivity contribution is -0.141. The lowest BCUT2D eigenvalue weighted by atomic mass is 10.1. The lowest BCUT2D eigenvalue weighted by Crippen LogP contribution is -2.10. The molecule has 1 atom stereocenters. The topological polar surface area (TPSA) is 97.4 Å². The molecule has 0 aromatic heterocycles. The summed E-state index contributed by atoms with van der Waals surface area (Å²) in [4.78, 5) is 34.8. The first-order valence-electron chi connectivity index (χ1n) is 12.6. The van der Waals surface area contributed by atoms with Crippen LogP contribution in [-0.2, 0) is 19.1 Å². The Hall–Kier alpha value is -4.99. The second-order valence-corrected chi connectivity index (χ2v) is 8.74. The van der Waals surface area contributed by atoms with E-state index in [1.54, 1.807) is 42.5 Å². The maximum absolute atomic E-state index is 15.4. The van der Waals surface area contributed by atoms with Crippen molar-refractivity contribution in [1.82, 2.24) is 0 Å². The molecule has 0 fully saturated rings. The molecular formula is C31H26F2O8. The van der Waals surface area contributed by atoms with Crippen LogP contribution in [-0.4, -0.2) is 44.3 Å². The van der Waals surface area contributed by atoms with Gasteiger partial charge in [-0.15, -0.1) is 0 Å². The molecule has 0 saturated carbocycles. The van der Waals surface area contributed by atoms with Crippen LogP contribution in [0.4, 0.5) is 8.78 Å². The Morgan fingerprint density at radius 3 is 2.05 bits per heavy atom. The molecule has 0 amide bonds. The molecule has 1 aliphatic rings. The van der Waals surface area contributed by atoms with Gasteiger partial charge >= 0.3 is 17.9 Å². The molecular weight excluding hydrogens is 538 g/mol. The molecule has 0 spiro atoms. The van der Waals surface area contributed by atoms with E-state index >= 15 is 4.39 Å². The van der Waals surface area contributed by atoms with E-state index in [4.69, 9.17) is 18.9 Å². The first-order valence-corrected chi connectivity index (χ1v) is 12.6. The van der Waals surface area contributed by atoms with E-state index in [-0.39, 0.29) is 37.7 Å². The Labute approximate surface area is 234 Å². The molecule has 3 aromatic carbocycles. The highest BCUT2D eigenvalue weighted by atomic mass is 19.1. The fraction of sp³-hybridized carbons (Fsp3) is 0.194. The molecule has 0 radical (unpaired) electrons. The highest BCUT2D eigenvalue weighted by Crippen LogP contribution is 2.47. The fourth-order valence-corrected chi connectivity index (χ4v) is 4.02. The van der Waals surface area contributed by atoms with Crippen molar-refractivity contribution in [1.29, 1.82) is 0 Å². The summed E-state index contributed by atoms with van der Waals surface area (Å²) in [6.07, 6.45) is -0.0554. The van der Waals surface area contributed by atoms with Gasteiger partial charge in [-0.25, -0.2) is 18.8 Å². The summed E-state index contributed by atoms with van der Waals surface area (Å²) in [5, 5.41) is 0. The second-order valence-electron chi connectivity index (χ2n) is 8.74. The quantitative estimate of drug-likeness (QED) is 0.110. The minimum atomic E-state index is -1.45. The van der Waals surface area contributed by atoms with Gasteiger partial charge in [0.15, 0.2) is 6.17 Å². The number of fused-ring (bicyclic) bond motifs is 3. The number of esters is 3. The molecule has 4 rings (SSSR count). The van der Waals surface area contributed by atoms with E-state index in [2.05, 4.69) is 17.9 Å². The van der Waals surface area contributed by atoms with Crippen molar-refractivity contribution in [3.8, 4) is 28.4 Å². The third-order valence-corrected chi connectivity index (χ3v) is 5.96. The van der Waals surface area contributed by atoms with Crippen molar-refractivity contribution in [3.05, 3.63) is 102 Å². The largest absolute Gasteiger partial charge is 0.493 e. The molecule has 3 aromatic rings. The number of hydrogen-bond acceptors (Lipinski definition) is 8. The zero-order chi connectivity index (χ0) is 29.4. The van der Waals surface area contributed by atoms with Crippen LogP contribution < -0.4 is 14.2 Å². The van der Waals surface area contributed by atoms with Crippen LogP contribution in [0.15, 0.2) is 85.7 Å². The monoisotopic (exact) mass is 564 g/mol. The molecule has 0 bridgehead atoms. The number of carbonyl (C=O) groups excluding carboxylic acids is 3. The van der Waals surface area contributed by atoms with Gasteiger partial charge in [-0.05, 0) is 59.7 Å². The molecule has 1 aliphatic carbocycles. The van der Waals surface area contributed by atoms with Crippen molar-refractivity contribution in [2.24, 2.45) is 0 Å². The van der Waals surface area contributed by atoms with E-state index in [0.29, 0.717) is 40.2 Å². The third kappa shape index (κ3) is 7.36. The molecule has 0 aliphatic heterocycles. The highest BCUT2D eigenvalue weighted by molar-refractivity contribution is 5.91. The summed E-state index contributed by atoms with van der Waals surface area (Å²) < 4.78 is 54.0. The van der Waals surface area contributed by atoms with Crippen molar-refractivity contribution in [3.63, 3.8) is 0 Å². The maximum Gasteiger partial charge on any atom is 0.366 e. The Balaban J connectivity index is 1.31. The smallest absolute Gasteiger partial charge is 0.366 e. The number of rotatable bonds is 13. The average molecular weight is 565 g/mol. The number of carbonyl (C=O) groups is 3. The predicted molar refractivity (Wildman–Crippen MR) is 144 cm³/mol. The minimum Gasteiger partial charge on any atom is -0.493 e. The van der Waals surface area contributed by atoms with Crippen LogP contribution in [0.3, 0.4) is 0 Å². The van der Waals surface area contributed by atoms with E-state index in [0.717, 1.165) is 6.08 Å². The highest BCUT2D eigenvalue weighted by Gasteiger charge is 2.30. The summed E-state index contributed by atoms with van der Waals surface area (Å²) in [7, 11) is 0. The average Bonchev–Trinajstić information content (AvgIpc) is 3.25. The maximum atomic E-state index is 15.4. The first kappa shape index (κ1) is 29.0. The fourth-order valence-electron chi connectivity index (χ4n) is 4.02. The SMILES string of the molecule is C=CC(=O)OCCOc1ccc2c(c1)C(F)c1cc(OC(=O)c3ccc(OCCCOC(=O)C(=C)F)cc3)ccc1-2. The van der Waals surface area contributed by atoms with Gasteiger partial charge < -0.3 is 23.7 Å². The summed E-state index contributed by atoms with van der Waals surface area (Å²) in [5.74, 6) is -2.36. The number of benzene rings is 3. The normalized spacial score (nSPS) is 12.9. The minimum absolute atomic E-state index is 0.0260. The third-order valence-electron chi connectivity index (χ3n) is 5.96. The first-order chi connectivity index (χ1) is 19.8. The molecule has 1 unspecified atom stereocenters. The Kier molecular flexibility index (Phi) is 9.47. The van der Waals surface area contributed by atoms with E-state index < -0.39 is 29.9 Å². The van der Waals surface area contributed by atoms with Gasteiger partial charge in [0.25, 0.3) is 0 Å². The van der Waals surface area contributed by atoms with Crippen LogP contribution in [0, 0.1) is 0 Å².